The summed E-state index contributed by atoms with van der Waals surface area (Å²) in [6.07, 6.45) is 2.72. The number of phenols is 2. The molecular weight excluding hydrogens is 636 g/mol. The van der Waals surface area contributed by atoms with Gasteiger partial charge >= 0.3 is 0 Å². The molecule has 51 heavy (non-hydrogen) atoms. The fourth-order valence-corrected chi connectivity index (χ4v) is 9.26. The molecule has 6 heteroatoms. The average molecular weight is 709 g/mol. The quantitative estimate of drug-likeness (QED) is 0.256. The molecule has 0 atom stereocenters. The Morgan fingerprint density at radius 2 is 0.824 bits per heavy atom. The van der Waals surface area contributed by atoms with Crippen LogP contribution in [0.25, 0.3) is 0 Å². The predicted octanol–water partition coefficient (Wildman–Crippen LogP) is 10.7. The van der Waals surface area contributed by atoms with Crippen molar-refractivity contribution in [1.29, 1.82) is 0 Å². The standard InChI is InChI=1S/C45H72O6/c1-29-17-31(19-33(35(29)46)43(13,14)23-39(3,4)5)21-41(9,10)37-48-25-45(26-49-37)27-50-38(51-28-45)42(11,12)22-32-18-30(2)36(47)34(20-32)44(15,16)24-40(6,7)8/h17-20,37-38,46-47H,21-28H2,1-16H3. The SMILES string of the molecule is Cc1cc(CC(C)(C)C2OCC3(CO2)COC(C(C)(C)Cc2cc(C)c(O)c(C(C)(C)CC(C)(C)C)c2)OC3)cc(C(C)(C)CC(C)(C)C)c1O. The van der Waals surface area contributed by atoms with E-state index in [0.717, 1.165) is 47.9 Å². The van der Waals surface area contributed by atoms with Crippen LogP contribution in [-0.4, -0.2) is 49.2 Å². The summed E-state index contributed by atoms with van der Waals surface area (Å²) in [6, 6.07) is 8.60. The molecule has 2 fully saturated rings. The van der Waals surface area contributed by atoms with Gasteiger partial charge in [-0.15, -0.1) is 0 Å². The number of rotatable bonds is 10. The van der Waals surface area contributed by atoms with Gasteiger partial charge in [0.1, 0.15) is 11.5 Å². The maximum atomic E-state index is 11.1. The van der Waals surface area contributed by atoms with Crippen LogP contribution in [0.1, 0.15) is 143 Å². The zero-order chi connectivity index (χ0) is 38.6. The summed E-state index contributed by atoms with van der Waals surface area (Å²) in [6.45, 7) is 37.3. The first-order valence-corrected chi connectivity index (χ1v) is 19.2. The Kier molecular flexibility index (Phi) is 11.6. The number of aryl methyl sites for hydroxylation is 2. The van der Waals surface area contributed by atoms with Crippen LogP contribution in [0.5, 0.6) is 11.5 Å². The van der Waals surface area contributed by atoms with Gasteiger partial charge in [-0.1, -0.05) is 121 Å². The zero-order valence-corrected chi connectivity index (χ0v) is 35.1. The van der Waals surface area contributed by atoms with Gasteiger partial charge in [0.2, 0.25) is 0 Å². The number of phenolic OH excluding ortho intramolecular Hbond substituents is 2. The lowest BCUT2D eigenvalue weighted by Gasteiger charge is -2.49. The van der Waals surface area contributed by atoms with Gasteiger partial charge in [-0.25, -0.2) is 0 Å². The number of ether oxygens (including phenoxy) is 4. The minimum Gasteiger partial charge on any atom is -0.507 e. The molecule has 2 aliphatic heterocycles. The van der Waals surface area contributed by atoms with Gasteiger partial charge in [-0.3, -0.25) is 0 Å². The highest BCUT2D eigenvalue weighted by Gasteiger charge is 2.48. The van der Waals surface area contributed by atoms with Crippen molar-refractivity contribution < 1.29 is 29.2 Å². The first kappa shape index (κ1) is 41.6. The smallest absolute Gasteiger partial charge is 0.162 e. The van der Waals surface area contributed by atoms with Gasteiger partial charge in [0, 0.05) is 22.0 Å². The Hall–Kier alpha value is -2.12. The van der Waals surface area contributed by atoms with Crippen LogP contribution in [0.4, 0.5) is 0 Å². The Morgan fingerprint density at radius 1 is 0.529 bits per heavy atom. The lowest BCUT2D eigenvalue weighted by Crippen LogP contribution is -2.56. The maximum absolute atomic E-state index is 11.1. The summed E-state index contributed by atoms with van der Waals surface area (Å²) in [5, 5.41) is 22.2. The molecule has 0 bridgehead atoms. The van der Waals surface area contributed by atoms with E-state index in [0.29, 0.717) is 37.9 Å². The van der Waals surface area contributed by atoms with Crippen molar-refractivity contribution in [1.82, 2.24) is 0 Å². The van der Waals surface area contributed by atoms with Crippen molar-refractivity contribution >= 4 is 0 Å². The van der Waals surface area contributed by atoms with E-state index in [2.05, 4.69) is 121 Å². The van der Waals surface area contributed by atoms with Gasteiger partial charge in [0.15, 0.2) is 12.6 Å². The fraction of sp³-hybridized carbons (Fsp3) is 0.733. The number of hydrogen-bond acceptors (Lipinski definition) is 6. The van der Waals surface area contributed by atoms with E-state index in [1.165, 1.54) is 11.1 Å². The van der Waals surface area contributed by atoms with Gasteiger partial charge in [-0.05, 0) is 83.4 Å². The lowest BCUT2D eigenvalue weighted by molar-refractivity contribution is -0.333. The van der Waals surface area contributed by atoms with E-state index < -0.39 is 0 Å². The lowest BCUT2D eigenvalue weighted by atomic mass is 9.71. The molecule has 2 saturated heterocycles. The van der Waals surface area contributed by atoms with Gasteiger partial charge < -0.3 is 29.2 Å². The van der Waals surface area contributed by atoms with Gasteiger partial charge in [-0.2, -0.15) is 0 Å². The highest BCUT2D eigenvalue weighted by molar-refractivity contribution is 5.48. The molecule has 2 N–H and O–H groups in total. The first-order valence-electron chi connectivity index (χ1n) is 19.2. The largest absolute Gasteiger partial charge is 0.507 e. The molecule has 6 nitrogen and oxygen atoms in total. The van der Waals surface area contributed by atoms with Crippen LogP contribution in [-0.2, 0) is 42.6 Å². The van der Waals surface area contributed by atoms with Crippen molar-refractivity contribution in [2.75, 3.05) is 26.4 Å². The maximum Gasteiger partial charge on any atom is 0.162 e. The molecule has 2 aliphatic rings. The minimum absolute atomic E-state index is 0.139. The number of aromatic hydroxyl groups is 2. The van der Waals surface area contributed by atoms with Crippen molar-refractivity contribution in [3.63, 3.8) is 0 Å². The van der Waals surface area contributed by atoms with Crippen LogP contribution < -0.4 is 0 Å². The molecule has 2 aromatic rings. The predicted molar refractivity (Wildman–Crippen MR) is 209 cm³/mol. The second-order valence-electron chi connectivity index (χ2n) is 21.6. The summed E-state index contributed by atoms with van der Waals surface area (Å²) in [5.41, 5.74) is 5.20. The molecule has 0 radical (unpaired) electrons. The molecular formula is C45H72O6. The Bertz CT molecular complexity index is 1400. The van der Waals surface area contributed by atoms with Crippen LogP contribution >= 0.6 is 0 Å². The van der Waals surface area contributed by atoms with Crippen LogP contribution in [0.15, 0.2) is 24.3 Å². The summed E-state index contributed by atoms with van der Waals surface area (Å²) in [4.78, 5) is 0. The average Bonchev–Trinajstić information content (AvgIpc) is 2.94. The molecule has 2 aromatic carbocycles. The highest BCUT2D eigenvalue weighted by Crippen LogP contribution is 2.46. The molecule has 0 unspecified atom stereocenters. The first-order chi connectivity index (χ1) is 23.0. The summed E-state index contributed by atoms with van der Waals surface area (Å²) in [7, 11) is 0. The zero-order valence-electron chi connectivity index (χ0n) is 35.1. The normalized spacial score (nSPS) is 22.8. The molecule has 0 saturated carbocycles. The monoisotopic (exact) mass is 709 g/mol. The second-order valence-corrected chi connectivity index (χ2v) is 21.6. The third kappa shape index (κ3) is 10.1. The van der Waals surface area contributed by atoms with Crippen molar-refractivity contribution in [3.8, 4) is 11.5 Å². The van der Waals surface area contributed by atoms with E-state index in [-0.39, 0.29) is 50.5 Å². The summed E-state index contributed by atoms with van der Waals surface area (Å²) in [5.74, 6) is 0.805. The molecule has 0 amide bonds. The van der Waals surface area contributed by atoms with Gasteiger partial charge in [0.05, 0.1) is 31.8 Å². The minimum atomic E-state index is -0.369. The number of benzene rings is 2. The van der Waals surface area contributed by atoms with E-state index in [1.807, 2.05) is 13.8 Å². The van der Waals surface area contributed by atoms with Crippen LogP contribution in [0.3, 0.4) is 0 Å². The van der Waals surface area contributed by atoms with E-state index in [9.17, 15) is 10.2 Å². The molecule has 288 valence electrons. The summed E-state index contributed by atoms with van der Waals surface area (Å²) < 4.78 is 26.0. The second kappa shape index (κ2) is 14.3. The van der Waals surface area contributed by atoms with Crippen LogP contribution in [0.2, 0.25) is 0 Å². The summed E-state index contributed by atoms with van der Waals surface area (Å²) >= 11 is 0. The topological polar surface area (TPSA) is 77.4 Å². The third-order valence-electron chi connectivity index (χ3n) is 10.9. The van der Waals surface area contributed by atoms with E-state index >= 15 is 0 Å². The van der Waals surface area contributed by atoms with Crippen LogP contribution in [0, 0.1) is 40.9 Å². The Morgan fingerprint density at radius 3 is 1.10 bits per heavy atom. The highest BCUT2D eigenvalue weighted by atomic mass is 16.7. The Labute approximate surface area is 311 Å². The Balaban J connectivity index is 1.39. The molecule has 0 aromatic heterocycles. The number of hydrogen-bond donors (Lipinski definition) is 2. The van der Waals surface area contributed by atoms with Crippen molar-refractivity contribution in [3.05, 3.63) is 57.6 Å². The third-order valence-corrected chi connectivity index (χ3v) is 10.9. The van der Waals surface area contributed by atoms with Gasteiger partial charge in [0.25, 0.3) is 0 Å². The van der Waals surface area contributed by atoms with E-state index in [4.69, 9.17) is 18.9 Å². The molecule has 2 heterocycles. The fourth-order valence-electron chi connectivity index (χ4n) is 9.26. The van der Waals surface area contributed by atoms with Crippen molar-refractivity contribution in [2.45, 2.75) is 160 Å². The molecule has 1 spiro atoms. The molecule has 4 rings (SSSR count). The van der Waals surface area contributed by atoms with Crippen molar-refractivity contribution in [2.24, 2.45) is 27.1 Å². The molecule has 0 aliphatic carbocycles. The van der Waals surface area contributed by atoms with E-state index in [1.54, 1.807) is 0 Å².